The van der Waals surface area contributed by atoms with Crippen molar-refractivity contribution in [1.82, 2.24) is 5.32 Å². The van der Waals surface area contributed by atoms with Gasteiger partial charge in [0.15, 0.2) is 0 Å². The molecule has 0 spiro atoms. The van der Waals surface area contributed by atoms with Crippen LogP contribution in [0.25, 0.3) is 0 Å². The number of nitrogens with one attached hydrogen (secondary N) is 1. The van der Waals surface area contributed by atoms with Crippen LogP contribution < -0.4 is 5.32 Å². The second-order valence-electron chi connectivity index (χ2n) is 3.32. The molecular weight excluding hydrogens is 134 g/mol. The van der Waals surface area contributed by atoms with E-state index in [1.807, 2.05) is 14.0 Å². The Morgan fingerprint density at radius 1 is 1.55 bits per heavy atom. The minimum Gasteiger partial charge on any atom is -0.391 e. The summed E-state index contributed by atoms with van der Waals surface area (Å²) in [4.78, 5) is 0. The molecule has 0 bridgehead atoms. The quantitative estimate of drug-likeness (QED) is 0.611. The van der Waals surface area contributed by atoms with Crippen LogP contribution in [0.2, 0.25) is 0 Å². The molecule has 0 amide bonds. The SMILES string of the molecule is C=C(C)/C=C(\NC)C1CCC1. The summed E-state index contributed by atoms with van der Waals surface area (Å²) in [6.07, 6.45) is 6.24. The first-order valence-corrected chi connectivity index (χ1v) is 4.29. The Kier molecular flexibility index (Phi) is 2.75. The van der Waals surface area contributed by atoms with Crippen LogP contribution in [0.4, 0.5) is 0 Å². The zero-order chi connectivity index (χ0) is 8.27. The van der Waals surface area contributed by atoms with Crippen molar-refractivity contribution in [2.45, 2.75) is 26.2 Å². The van der Waals surface area contributed by atoms with E-state index in [2.05, 4.69) is 18.0 Å². The Labute approximate surface area is 69.2 Å². The van der Waals surface area contributed by atoms with E-state index >= 15 is 0 Å². The highest BCUT2D eigenvalue weighted by molar-refractivity contribution is 5.20. The van der Waals surface area contributed by atoms with Gasteiger partial charge in [0.1, 0.15) is 0 Å². The normalized spacial score (nSPS) is 19.3. The molecule has 0 unspecified atom stereocenters. The summed E-state index contributed by atoms with van der Waals surface area (Å²) in [7, 11) is 1.99. The number of rotatable bonds is 3. The highest BCUT2D eigenvalue weighted by atomic mass is 14.8. The Balaban J connectivity index is 2.53. The van der Waals surface area contributed by atoms with Gasteiger partial charge < -0.3 is 5.32 Å². The van der Waals surface area contributed by atoms with E-state index in [-0.39, 0.29) is 0 Å². The lowest BCUT2D eigenvalue weighted by Crippen LogP contribution is -2.22. The summed E-state index contributed by atoms with van der Waals surface area (Å²) in [6, 6.07) is 0. The highest BCUT2D eigenvalue weighted by Crippen LogP contribution is 2.31. The molecule has 1 aliphatic carbocycles. The van der Waals surface area contributed by atoms with Gasteiger partial charge in [-0.2, -0.15) is 0 Å². The van der Waals surface area contributed by atoms with E-state index in [0.29, 0.717) is 0 Å². The third-order valence-corrected chi connectivity index (χ3v) is 2.24. The maximum Gasteiger partial charge on any atom is 0.0138 e. The molecule has 0 aromatic carbocycles. The van der Waals surface area contributed by atoms with Crippen molar-refractivity contribution in [2.75, 3.05) is 7.05 Å². The minimum atomic E-state index is 0.789. The van der Waals surface area contributed by atoms with Crippen molar-refractivity contribution in [3.8, 4) is 0 Å². The summed E-state index contributed by atoms with van der Waals surface area (Å²) in [5, 5.41) is 3.24. The standard InChI is InChI=1S/C10H17N/c1-8(2)7-10(11-3)9-5-4-6-9/h7,9,11H,1,4-6H2,2-3H3/b10-7-. The molecule has 11 heavy (non-hydrogen) atoms. The topological polar surface area (TPSA) is 12.0 Å². The lowest BCUT2D eigenvalue weighted by molar-refractivity contribution is 0.354. The first kappa shape index (κ1) is 8.38. The third-order valence-electron chi connectivity index (χ3n) is 2.24. The van der Waals surface area contributed by atoms with Crippen LogP contribution in [-0.2, 0) is 0 Å². The van der Waals surface area contributed by atoms with Crippen LogP contribution in [0.15, 0.2) is 23.9 Å². The molecule has 1 nitrogen and oxygen atoms in total. The zero-order valence-corrected chi connectivity index (χ0v) is 7.48. The Morgan fingerprint density at radius 3 is 2.45 bits per heavy atom. The molecule has 1 aliphatic rings. The van der Waals surface area contributed by atoms with Crippen molar-refractivity contribution in [3.63, 3.8) is 0 Å². The Bertz CT molecular complexity index is 175. The van der Waals surface area contributed by atoms with Gasteiger partial charge in [-0.1, -0.05) is 18.6 Å². The molecule has 0 aliphatic heterocycles. The molecule has 0 atom stereocenters. The number of hydrogen-bond donors (Lipinski definition) is 1. The first-order chi connectivity index (χ1) is 5.24. The second kappa shape index (κ2) is 3.61. The summed E-state index contributed by atoms with van der Waals surface area (Å²) >= 11 is 0. The van der Waals surface area contributed by atoms with Gasteiger partial charge in [0, 0.05) is 12.7 Å². The van der Waals surface area contributed by atoms with E-state index < -0.39 is 0 Å². The molecule has 1 rings (SSSR count). The van der Waals surface area contributed by atoms with Crippen LogP contribution in [0.5, 0.6) is 0 Å². The van der Waals surface area contributed by atoms with Crippen LogP contribution in [0.3, 0.4) is 0 Å². The molecular formula is C10H17N. The van der Waals surface area contributed by atoms with E-state index in [1.54, 1.807) is 0 Å². The Morgan fingerprint density at radius 2 is 2.18 bits per heavy atom. The van der Waals surface area contributed by atoms with E-state index in [4.69, 9.17) is 0 Å². The van der Waals surface area contributed by atoms with Crippen molar-refractivity contribution >= 4 is 0 Å². The summed E-state index contributed by atoms with van der Waals surface area (Å²) < 4.78 is 0. The van der Waals surface area contributed by atoms with Gasteiger partial charge in [-0.15, -0.1) is 0 Å². The fraction of sp³-hybridized carbons (Fsp3) is 0.600. The molecule has 62 valence electrons. The van der Waals surface area contributed by atoms with Gasteiger partial charge >= 0.3 is 0 Å². The van der Waals surface area contributed by atoms with Crippen LogP contribution in [0.1, 0.15) is 26.2 Å². The molecule has 1 N–H and O–H groups in total. The molecule has 0 aromatic rings. The lowest BCUT2D eigenvalue weighted by atomic mass is 9.82. The molecule has 0 radical (unpaired) electrons. The Hall–Kier alpha value is -0.720. The molecule has 0 saturated heterocycles. The monoisotopic (exact) mass is 151 g/mol. The van der Waals surface area contributed by atoms with Crippen molar-refractivity contribution in [3.05, 3.63) is 23.9 Å². The highest BCUT2D eigenvalue weighted by Gasteiger charge is 2.20. The molecule has 1 saturated carbocycles. The maximum absolute atomic E-state index is 3.87. The largest absolute Gasteiger partial charge is 0.391 e. The fourth-order valence-electron chi connectivity index (χ4n) is 1.38. The van der Waals surface area contributed by atoms with Crippen LogP contribution in [0, 0.1) is 5.92 Å². The smallest absolute Gasteiger partial charge is 0.0138 e. The van der Waals surface area contributed by atoms with Crippen LogP contribution >= 0.6 is 0 Å². The zero-order valence-electron chi connectivity index (χ0n) is 7.48. The van der Waals surface area contributed by atoms with Gasteiger partial charge in [-0.05, 0) is 31.8 Å². The average molecular weight is 151 g/mol. The van der Waals surface area contributed by atoms with Crippen LogP contribution in [-0.4, -0.2) is 7.05 Å². The average Bonchev–Trinajstić information content (AvgIpc) is 1.81. The van der Waals surface area contributed by atoms with Gasteiger partial charge in [0.25, 0.3) is 0 Å². The summed E-state index contributed by atoms with van der Waals surface area (Å²) in [6.45, 7) is 5.90. The number of hydrogen-bond acceptors (Lipinski definition) is 1. The predicted molar refractivity (Wildman–Crippen MR) is 49.3 cm³/mol. The first-order valence-electron chi connectivity index (χ1n) is 4.29. The summed E-state index contributed by atoms with van der Waals surface area (Å²) in [5.74, 6) is 0.789. The maximum atomic E-state index is 3.87. The summed E-state index contributed by atoms with van der Waals surface area (Å²) in [5.41, 5.74) is 2.50. The van der Waals surface area contributed by atoms with Gasteiger partial charge in [0.05, 0.1) is 0 Å². The molecule has 1 heteroatoms. The van der Waals surface area contributed by atoms with Crippen molar-refractivity contribution in [2.24, 2.45) is 5.92 Å². The van der Waals surface area contributed by atoms with Crippen molar-refractivity contribution in [1.29, 1.82) is 0 Å². The second-order valence-corrected chi connectivity index (χ2v) is 3.32. The van der Waals surface area contributed by atoms with Gasteiger partial charge in [-0.25, -0.2) is 0 Å². The van der Waals surface area contributed by atoms with Gasteiger partial charge in [-0.3, -0.25) is 0 Å². The fourth-order valence-corrected chi connectivity index (χ4v) is 1.38. The minimum absolute atomic E-state index is 0.789. The number of allylic oxidation sites excluding steroid dienone is 3. The lowest BCUT2D eigenvalue weighted by Gasteiger charge is -2.28. The van der Waals surface area contributed by atoms with E-state index in [9.17, 15) is 0 Å². The van der Waals surface area contributed by atoms with E-state index in [0.717, 1.165) is 11.5 Å². The molecule has 0 heterocycles. The molecule has 0 aromatic heterocycles. The van der Waals surface area contributed by atoms with Gasteiger partial charge in [0.2, 0.25) is 0 Å². The molecule has 1 fully saturated rings. The predicted octanol–water partition coefficient (Wildman–Crippen LogP) is 2.47. The third kappa shape index (κ3) is 2.11. The van der Waals surface area contributed by atoms with E-state index in [1.165, 1.54) is 25.0 Å². The van der Waals surface area contributed by atoms with Crippen molar-refractivity contribution < 1.29 is 0 Å².